The van der Waals surface area contributed by atoms with E-state index < -0.39 is 0 Å². The Hall–Kier alpha value is -1.39. The molecule has 0 aliphatic carbocycles. The van der Waals surface area contributed by atoms with Gasteiger partial charge in [-0.15, -0.1) is 11.3 Å². The lowest BCUT2D eigenvalue weighted by molar-refractivity contribution is 0.0599. The minimum atomic E-state index is -0.297. The Balaban J connectivity index is 2.68. The number of aryl methyl sites for hydroxylation is 1. The minimum Gasteiger partial charge on any atom is -0.465 e. The van der Waals surface area contributed by atoms with Gasteiger partial charge in [0.15, 0.2) is 0 Å². The molecule has 0 radical (unpaired) electrons. The van der Waals surface area contributed by atoms with Gasteiger partial charge in [0.25, 0.3) is 0 Å². The smallest absolute Gasteiger partial charge is 0.339 e. The number of hydrogen-bond acceptors (Lipinski definition) is 4. The van der Waals surface area contributed by atoms with E-state index >= 15 is 0 Å². The van der Waals surface area contributed by atoms with Gasteiger partial charge in [0.05, 0.1) is 19.3 Å². The Bertz CT molecular complexity index is 557. The van der Waals surface area contributed by atoms with Crippen molar-refractivity contribution in [2.75, 3.05) is 14.2 Å². The zero-order valence-electron chi connectivity index (χ0n) is 10.1. The minimum absolute atomic E-state index is 0.297. The second kappa shape index (κ2) is 4.85. The summed E-state index contributed by atoms with van der Waals surface area (Å²) in [5.41, 5.74) is 1.77. The van der Waals surface area contributed by atoms with Crippen LogP contribution in [0.5, 0.6) is 0 Å². The molecule has 0 aliphatic rings. The van der Waals surface area contributed by atoms with Gasteiger partial charge >= 0.3 is 5.97 Å². The summed E-state index contributed by atoms with van der Waals surface area (Å²) in [6, 6.07) is 6.08. The Labute approximate surface area is 104 Å². The highest BCUT2D eigenvalue weighted by atomic mass is 32.1. The second-order valence-corrected chi connectivity index (χ2v) is 4.96. The molecule has 0 amide bonds. The highest BCUT2D eigenvalue weighted by molar-refractivity contribution is 7.19. The third-order valence-corrected chi connectivity index (χ3v) is 3.73. The van der Waals surface area contributed by atoms with Crippen molar-refractivity contribution in [2.45, 2.75) is 13.5 Å². The van der Waals surface area contributed by atoms with E-state index in [1.807, 2.05) is 25.1 Å². The maximum atomic E-state index is 11.8. The Morgan fingerprint density at radius 1 is 1.35 bits per heavy atom. The van der Waals surface area contributed by atoms with Crippen molar-refractivity contribution in [2.24, 2.45) is 0 Å². The van der Waals surface area contributed by atoms with Crippen LogP contribution in [0, 0.1) is 6.92 Å². The van der Waals surface area contributed by atoms with Crippen LogP contribution in [0.3, 0.4) is 0 Å². The number of hydrogen-bond donors (Lipinski definition) is 0. The van der Waals surface area contributed by atoms with Crippen molar-refractivity contribution in [1.82, 2.24) is 0 Å². The van der Waals surface area contributed by atoms with Crippen molar-refractivity contribution >= 4 is 27.4 Å². The van der Waals surface area contributed by atoms with E-state index in [-0.39, 0.29) is 5.97 Å². The zero-order valence-corrected chi connectivity index (χ0v) is 10.9. The molecular formula is C13H14O3S. The molecule has 0 N–H and O–H groups in total. The molecule has 90 valence electrons. The third-order valence-electron chi connectivity index (χ3n) is 2.58. The molecule has 1 heterocycles. The van der Waals surface area contributed by atoms with Crippen LogP contribution in [-0.2, 0) is 16.1 Å². The topological polar surface area (TPSA) is 35.5 Å². The first-order valence-corrected chi connectivity index (χ1v) is 6.08. The van der Waals surface area contributed by atoms with Gasteiger partial charge in [0.2, 0.25) is 0 Å². The van der Waals surface area contributed by atoms with Crippen LogP contribution < -0.4 is 0 Å². The van der Waals surface area contributed by atoms with Gasteiger partial charge in [-0.05, 0) is 19.1 Å². The first-order valence-electron chi connectivity index (χ1n) is 5.26. The molecule has 0 fully saturated rings. The van der Waals surface area contributed by atoms with Crippen molar-refractivity contribution in [1.29, 1.82) is 0 Å². The van der Waals surface area contributed by atoms with Gasteiger partial charge < -0.3 is 9.47 Å². The van der Waals surface area contributed by atoms with Crippen molar-refractivity contribution in [3.05, 3.63) is 34.2 Å². The Morgan fingerprint density at radius 3 is 2.76 bits per heavy atom. The van der Waals surface area contributed by atoms with Gasteiger partial charge in [-0.25, -0.2) is 4.79 Å². The molecule has 0 saturated carbocycles. The van der Waals surface area contributed by atoms with Gasteiger partial charge in [-0.1, -0.05) is 11.6 Å². The summed E-state index contributed by atoms with van der Waals surface area (Å²) in [5.74, 6) is -0.297. The normalized spacial score (nSPS) is 10.8. The van der Waals surface area contributed by atoms with Gasteiger partial charge in [-0.2, -0.15) is 0 Å². The van der Waals surface area contributed by atoms with Crippen LogP contribution in [0.25, 0.3) is 10.1 Å². The van der Waals surface area contributed by atoms with Crippen LogP contribution in [0.4, 0.5) is 0 Å². The lowest BCUT2D eigenvalue weighted by Gasteiger charge is -2.02. The molecule has 2 rings (SSSR count). The number of fused-ring (bicyclic) bond motifs is 1. The average Bonchev–Trinajstić information content (AvgIpc) is 2.66. The molecule has 0 spiro atoms. The number of rotatable bonds is 3. The van der Waals surface area contributed by atoms with Crippen molar-refractivity contribution in [3.63, 3.8) is 0 Å². The highest BCUT2D eigenvalue weighted by Gasteiger charge is 2.19. The first-order chi connectivity index (χ1) is 8.17. The number of methoxy groups -OCH3 is 2. The second-order valence-electron chi connectivity index (χ2n) is 3.82. The number of benzene rings is 1. The lowest BCUT2D eigenvalue weighted by atomic mass is 10.1. The predicted octanol–water partition coefficient (Wildman–Crippen LogP) is 3.14. The largest absolute Gasteiger partial charge is 0.465 e. The van der Waals surface area contributed by atoms with Crippen molar-refractivity contribution < 1.29 is 14.3 Å². The van der Waals surface area contributed by atoms with E-state index in [9.17, 15) is 4.79 Å². The molecule has 0 atom stereocenters. The number of carbonyl (C=O) groups excluding carboxylic acids is 1. The molecule has 4 heteroatoms. The van der Waals surface area contributed by atoms with E-state index in [4.69, 9.17) is 9.47 Å². The van der Waals surface area contributed by atoms with E-state index in [0.29, 0.717) is 12.2 Å². The summed E-state index contributed by atoms with van der Waals surface area (Å²) in [6.07, 6.45) is 0. The summed E-state index contributed by atoms with van der Waals surface area (Å²) < 4.78 is 11.1. The SMILES string of the molecule is COCc1sc2ccc(C)cc2c1C(=O)OC. The van der Waals surface area contributed by atoms with Gasteiger partial charge in [0, 0.05) is 22.1 Å². The number of thiophene rings is 1. The maximum Gasteiger partial charge on any atom is 0.339 e. The Kier molecular flexibility index (Phi) is 3.45. The van der Waals surface area contributed by atoms with Gasteiger partial charge in [0.1, 0.15) is 0 Å². The molecule has 2 aromatic rings. The molecule has 0 unspecified atom stereocenters. The van der Waals surface area contributed by atoms with Crippen LogP contribution >= 0.6 is 11.3 Å². The van der Waals surface area contributed by atoms with E-state index in [1.54, 1.807) is 18.4 Å². The van der Waals surface area contributed by atoms with Crippen LogP contribution in [0.2, 0.25) is 0 Å². The summed E-state index contributed by atoms with van der Waals surface area (Å²) in [4.78, 5) is 12.7. The standard InChI is InChI=1S/C13H14O3S/c1-8-4-5-10-9(6-8)12(13(14)16-3)11(17-10)7-15-2/h4-6H,7H2,1-3H3. The molecule has 3 nitrogen and oxygen atoms in total. The molecular weight excluding hydrogens is 236 g/mol. The molecule has 1 aromatic heterocycles. The molecule has 0 bridgehead atoms. The number of esters is 1. The van der Waals surface area contributed by atoms with Crippen LogP contribution in [0.1, 0.15) is 20.8 Å². The molecule has 17 heavy (non-hydrogen) atoms. The molecule has 0 saturated heterocycles. The maximum absolute atomic E-state index is 11.8. The highest BCUT2D eigenvalue weighted by Crippen LogP contribution is 2.33. The fourth-order valence-corrected chi connectivity index (χ4v) is 2.97. The summed E-state index contributed by atoms with van der Waals surface area (Å²) in [5, 5.41) is 0.953. The quantitative estimate of drug-likeness (QED) is 0.785. The first kappa shape index (κ1) is 12.1. The van der Waals surface area contributed by atoms with Crippen LogP contribution in [-0.4, -0.2) is 20.2 Å². The molecule has 1 aromatic carbocycles. The number of carbonyl (C=O) groups is 1. The van der Waals surface area contributed by atoms with E-state index in [2.05, 4.69) is 0 Å². The number of ether oxygens (including phenoxy) is 2. The average molecular weight is 250 g/mol. The van der Waals surface area contributed by atoms with E-state index in [0.717, 1.165) is 20.5 Å². The monoisotopic (exact) mass is 250 g/mol. The fraction of sp³-hybridized carbons (Fsp3) is 0.308. The summed E-state index contributed by atoms with van der Waals surface area (Å²) >= 11 is 1.58. The Morgan fingerprint density at radius 2 is 2.12 bits per heavy atom. The van der Waals surface area contributed by atoms with Gasteiger partial charge in [-0.3, -0.25) is 0 Å². The van der Waals surface area contributed by atoms with Crippen molar-refractivity contribution in [3.8, 4) is 0 Å². The zero-order chi connectivity index (χ0) is 12.4. The third kappa shape index (κ3) is 2.18. The predicted molar refractivity (Wildman–Crippen MR) is 68.6 cm³/mol. The lowest BCUT2D eigenvalue weighted by Crippen LogP contribution is -2.03. The van der Waals surface area contributed by atoms with E-state index in [1.165, 1.54) is 7.11 Å². The molecule has 0 aliphatic heterocycles. The summed E-state index contributed by atoms with van der Waals surface area (Å²) in [7, 11) is 3.02. The summed E-state index contributed by atoms with van der Waals surface area (Å²) in [6.45, 7) is 2.44. The fourth-order valence-electron chi connectivity index (χ4n) is 1.82. The van der Waals surface area contributed by atoms with Crippen LogP contribution in [0.15, 0.2) is 18.2 Å².